The molecule has 1 aromatic rings. The molecule has 222 valence electrons. The zero-order valence-corrected chi connectivity index (χ0v) is 24.4. The van der Waals surface area contributed by atoms with Crippen LogP contribution in [0.1, 0.15) is 26.3 Å². The van der Waals surface area contributed by atoms with Crippen molar-refractivity contribution in [2.45, 2.75) is 33.2 Å². The Morgan fingerprint density at radius 3 is 2.17 bits per heavy atom. The lowest BCUT2D eigenvalue weighted by Crippen LogP contribution is -2.61. The second-order valence-corrected chi connectivity index (χ2v) is 10.1. The summed E-state index contributed by atoms with van der Waals surface area (Å²) < 4.78 is 5.30. The van der Waals surface area contributed by atoms with E-state index < -0.39 is 12.1 Å². The third kappa shape index (κ3) is 8.45. The maximum absolute atomic E-state index is 13.0. The predicted molar refractivity (Wildman–Crippen MR) is 150 cm³/mol. The summed E-state index contributed by atoms with van der Waals surface area (Å²) in [4.78, 5) is 64.0. The Balaban J connectivity index is 0.00000216. The number of carbonyl (C=O) groups is 4. The first-order chi connectivity index (χ1) is 19.4. The normalized spacial score (nSPS) is 19.9. The zero-order valence-electron chi connectivity index (χ0n) is 23.7. The minimum atomic E-state index is -0.739. The Morgan fingerprint density at radius 1 is 0.950 bits per heavy atom. The van der Waals surface area contributed by atoms with Gasteiger partial charge in [0, 0.05) is 76.5 Å². The number of nitrogens with zero attached hydrogens (tertiary/aromatic N) is 6. The van der Waals surface area contributed by atoms with Crippen LogP contribution in [0, 0.1) is 0 Å². The number of morpholine rings is 1. The fraction of sp³-hybridized carbons (Fsp3) is 0.630. The molecule has 3 aliphatic rings. The highest BCUT2D eigenvalue weighted by Crippen LogP contribution is 2.16. The fourth-order valence-corrected chi connectivity index (χ4v) is 4.96. The molecule has 13 heteroatoms. The monoisotopic (exact) mass is 580 g/mol. The summed E-state index contributed by atoms with van der Waals surface area (Å²) in [7, 11) is 0. The smallest absolute Gasteiger partial charge is 0.378 e. The van der Waals surface area contributed by atoms with E-state index in [0.717, 1.165) is 13.0 Å². The van der Waals surface area contributed by atoms with Gasteiger partial charge < -0.3 is 29.2 Å². The van der Waals surface area contributed by atoms with E-state index in [1.165, 1.54) is 15.4 Å². The molecular formula is C27H41ClN6O6. The standard InChI is InChI=1S/C25H35ClN6O6.C2H6/c1-20-18-30(23(34)28-14-16-37-17-15-28)12-13-31(20)24(35)32(19-33)38-25(36)29-10-8-27(9-11-29)7-6-21-2-4-22(26)5-3-21;1-2/h2-5,19-20H,6-18H2,1H3;1-2H3. The molecule has 0 bridgehead atoms. The van der Waals surface area contributed by atoms with Crippen molar-refractivity contribution in [3.8, 4) is 0 Å². The van der Waals surface area contributed by atoms with Crippen LogP contribution in [-0.2, 0) is 20.8 Å². The number of hydrogen-bond acceptors (Lipinski definition) is 7. The van der Waals surface area contributed by atoms with Gasteiger partial charge in [0.2, 0.25) is 0 Å². The van der Waals surface area contributed by atoms with Crippen LogP contribution in [0.4, 0.5) is 14.4 Å². The molecule has 3 heterocycles. The molecule has 3 aliphatic heterocycles. The summed E-state index contributed by atoms with van der Waals surface area (Å²) in [5.74, 6) is 0. The molecule has 1 atom stereocenters. The third-order valence-corrected chi connectivity index (χ3v) is 7.40. The highest BCUT2D eigenvalue weighted by atomic mass is 35.5. The summed E-state index contributed by atoms with van der Waals surface area (Å²) in [6, 6.07) is 6.59. The number of urea groups is 2. The molecule has 1 unspecified atom stereocenters. The number of hydrogen-bond donors (Lipinski definition) is 0. The van der Waals surface area contributed by atoms with Gasteiger partial charge in [-0.1, -0.05) is 42.6 Å². The van der Waals surface area contributed by atoms with Crippen molar-refractivity contribution >= 4 is 36.2 Å². The topological polar surface area (TPSA) is 106 Å². The van der Waals surface area contributed by atoms with Crippen LogP contribution in [0.25, 0.3) is 0 Å². The molecule has 3 saturated heterocycles. The van der Waals surface area contributed by atoms with Crippen LogP contribution in [0.5, 0.6) is 0 Å². The van der Waals surface area contributed by atoms with Crippen molar-refractivity contribution in [3.05, 3.63) is 34.9 Å². The van der Waals surface area contributed by atoms with Gasteiger partial charge >= 0.3 is 18.2 Å². The molecule has 6 amide bonds. The number of ether oxygens (including phenoxy) is 1. The van der Waals surface area contributed by atoms with Crippen molar-refractivity contribution in [2.24, 2.45) is 0 Å². The first-order valence-corrected chi connectivity index (χ1v) is 14.3. The molecule has 0 N–H and O–H groups in total. The predicted octanol–water partition coefficient (Wildman–Crippen LogP) is 2.61. The Bertz CT molecular complexity index is 984. The molecule has 0 radical (unpaired) electrons. The number of halogens is 1. The van der Waals surface area contributed by atoms with Crippen molar-refractivity contribution in [1.82, 2.24) is 29.6 Å². The molecule has 0 saturated carbocycles. The molecule has 0 spiro atoms. The van der Waals surface area contributed by atoms with Crippen LogP contribution in [0.15, 0.2) is 24.3 Å². The Labute approximate surface area is 241 Å². The Morgan fingerprint density at radius 2 is 1.57 bits per heavy atom. The highest BCUT2D eigenvalue weighted by Gasteiger charge is 2.36. The SMILES string of the molecule is CC.CC1CN(C(=O)N2CCOCC2)CCN1C(=O)N(C=O)OC(=O)N1CCN(CCc2ccc(Cl)cc2)CC1. The van der Waals surface area contributed by atoms with E-state index in [1.54, 1.807) is 16.7 Å². The molecule has 1 aromatic carbocycles. The fourth-order valence-electron chi connectivity index (χ4n) is 4.84. The number of amides is 6. The third-order valence-electron chi connectivity index (χ3n) is 7.15. The number of rotatable bonds is 4. The minimum Gasteiger partial charge on any atom is -0.378 e. The quantitative estimate of drug-likeness (QED) is 0.398. The van der Waals surface area contributed by atoms with Crippen LogP contribution in [-0.4, -0.2) is 139 Å². The average Bonchev–Trinajstić information content (AvgIpc) is 3.00. The lowest BCUT2D eigenvalue weighted by molar-refractivity contribution is -0.144. The van der Waals surface area contributed by atoms with Crippen LogP contribution < -0.4 is 0 Å². The number of benzene rings is 1. The average molecular weight is 581 g/mol. The van der Waals surface area contributed by atoms with Gasteiger partial charge in [0.05, 0.1) is 13.2 Å². The van der Waals surface area contributed by atoms with Gasteiger partial charge in [0.1, 0.15) is 0 Å². The van der Waals surface area contributed by atoms with E-state index in [-0.39, 0.29) is 25.0 Å². The lowest BCUT2D eigenvalue weighted by atomic mass is 10.1. The zero-order chi connectivity index (χ0) is 29.1. The maximum Gasteiger partial charge on any atom is 0.434 e. The minimum absolute atomic E-state index is 0.0850. The molecule has 3 fully saturated rings. The second-order valence-electron chi connectivity index (χ2n) is 9.65. The molecule has 4 rings (SSSR count). The number of hydroxylamine groups is 2. The van der Waals surface area contributed by atoms with Gasteiger partial charge in [0.25, 0.3) is 6.41 Å². The summed E-state index contributed by atoms with van der Waals surface area (Å²) in [5, 5.41) is 1.16. The van der Waals surface area contributed by atoms with Gasteiger partial charge in [-0.15, -0.1) is 0 Å². The van der Waals surface area contributed by atoms with Gasteiger partial charge in [-0.3, -0.25) is 9.69 Å². The molecule has 0 aromatic heterocycles. The van der Waals surface area contributed by atoms with Crippen molar-refractivity contribution in [2.75, 3.05) is 78.7 Å². The molecule has 12 nitrogen and oxygen atoms in total. The maximum atomic E-state index is 13.0. The van der Waals surface area contributed by atoms with Gasteiger partial charge in [-0.2, -0.15) is 0 Å². The van der Waals surface area contributed by atoms with Crippen LogP contribution in [0.2, 0.25) is 5.02 Å². The van der Waals surface area contributed by atoms with E-state index in [2.05, 4.69) is 4.90 Å². The molecule has 0 aliphatic carbocycles. The summed E-state index contributed by atoms with van der Waals surface area (Å²) in [6.07, 6.45) is 0.343. The second kappa shape index (κ2) is 15.6. The largest absolute Gasteiger partial charge is 0.434 e. The Hall–Kier alpha value is -3.09. The summed E-state index contributed by atoms with van der Waals surface area (Å²) >= 11 is 5.94. The van der Waals surface area contributed by atoms with Crippen LogP contribution in [0.3, 0.4) is 0 Å². The van der Waals surface area contributed by atoms with Gasteiger partial charge in [-0.25, -0.2) is 14.4 Å². The van der Waals surface area contributed by atoms with E-state index in [9.17, 15) is 19.2 Å². The van der Waals surface area contributed by atoms with Crippen LogP contribution >= 0.6 is 11.6 Å². The van der Waals surface area contributed by atoms with Crippen molar-refractivity contribution in [1.29, 1.82) is 0 Å². The number of carbonyl (C=O) groups excluding carboxylic acids is 4. The van der Waals surface area contributed by atoms with E-state index in [4.69, 9.17) is 21.2 Å². The van der Waals surface area contributed by atoms with Crippen molar-refractivity contribution in [3.63, 3.8) is 0 Å². The summed E-state index contributed by atoms with van der Waals surface area (Å²) in [6.45, 7) is 11.8. The lowest BCUT2D eigenvalue weighted by Gasteiger charge is -2.42. The van der Waals surface area contributed by atoms with Gasteiger partial charge in [-0.05, 0) is 31.0 Å². The van der Waals surface area contributed by atoms with Crippen molar-refractivity contribution < 1.29 is 28.8 Å². The number of piperazine rings is 2. The van der Waals surface area contributed by atoms with E-state index >= 15 is 0 Å². The first kappa shape index (κ1) is 31.4. The Kier molecular flexibility index (Phi) is 12.3. The van der Waals surface area contributed by atoms with E-state index in [1.807, 2.05) is 38.1 Å². The highest BCUT2D eigenvalue weighted by molar-refractivity contribution is 6.30. The molecule has 40 heavy (non-hydrogen) atoms. The number of imide groups is 1. The van der Waals surface area contributed by atoms with E-state index in [0.29, 0.717) is 75.7 Å². The van der Waals surface area contributed by atoms with Gasteiger partial charge in [0.15, 0.2) is 0 Å². The first-order valence-electron chi connectivity index (χ1n) is 14.0. The summed E-state index contributed by atoms with van der Waals surface area (Å²) in [5.41, 5.74) is 1.19. The molecular weight excluding hydrogens is 540 g/mol.